The molecule has 0 spiro atoms. The second kappa shape index (κ2) is 7.08. The Labute approximate surface area is 129 Å². The summed E-state index contributed by atoms with van der Waals surface area (Å²) >= 11 is 3.27. The predicted molar refractivity (Wildman–Crippen MR) is 81.5 cm³/mol. The Kier molecular flexibility index (Phi) is 5.16. The van der Waals surface area contributed by atoms with Crippen LogP contribution in [0, 0.1) is 5.82 Å². The van der Waals surface area contributed by atoms with Crippen LogP contribution in [0.25, 0.3) is 0 Å². The molecule has 0 aliphatic carbocycles. The number of carbonyl (C=O) groups is 1. The zero-order valence-electron chi connectivity index (χ0n) is 11.0. The van der Waals surface area contributed by atoms with Gasteiger partial charge in [0.15, 0.2) is 0 Å². The minimum Gasteiger partial charge on any atom is -0.492 e. The SMILES string of the molecule is O=C(O)c1ccc(OCCNc2cc(Br)ccc2F)cc1. The van der Waals surface area contributed by atoms with E-state index in [2.05, 4.69) is 21.2 Å². The van der Waals surface area contributed by atoms with Gasteiger partial charge in [-0.2, -0.15) is 0 Å². The molecule has 0 atom stereocenters. The van der Waals surface area contributed by atoms with Crippen LogP contribution in [-0.2, 0) is 0 Å². The third-order valence-electron chi connectivity index (χ3n) is 2.72. The summed E-state index contributed by atoms with van der Waals surface area (Å²) in [5, 5.41) is 11.7. The lowest BCUT2D eigenvalue weighted by atomic mass is 10.2. The Balaban J connectivity index is 1.81. The molecule has 0 radical (unpaired) electrons. The summed E-state index contributed by atoms with van der Waals surface area (Å²) < 4.78 is 19.7. The van der Waals surface area contributed by atoms with E-state index < -0.39 is 5.97 Å². The molecule has 2 N–H and O–H groups in total. The lowest BCUT2D eigenvalue weighted by Gasteiger charge is -2.10. The van der Waals surface area contributed by atoms with Gasteiger partial charge in [0.05, 0.1) is 11.3 Å². The monoisotopic (exact) mass is 353 g/mol. The number of aromatic carboxylic acids is 1. The van der Waals surface area contributed by atoms with Crippen molar-refractivity contribution in [3.8, 4) is 5.75 Å². The average Bonchev–Trinajstić information content (AvgIpc) is 2.47. The van der Waals surface area contributed by atoms with Crippen LogP contribution in [0.4, 0.5) is 10.1 Å². The van der Waals surface area contributed by atoms with Crippen molar-refractivity contribution in [2.75, 3.05) is 18.5 Å². The number of benzene rings is 2. The standard InChI is InChI=1S/C15H13BrFNO3/c16-11-3-6-13(17)14(9-11)18-7-8-21-12-4-1-10(2-5-12)15(19)20/h1-6,9,18H,7-8H2,(H,19,20). The molecule has 2 rings (SSSR count). The van der Waals surface area contributed by atoms with Gasteiger partial charge < -0.3 is 15.2 Å². The minimum atomic E-state index is -0.978. The summed E-state index contributed by atoms with van der Waals surface area (Å²) in [4.78, 5) is 10.7. The van der Waals surface area contributed by atoms with Gasteiger partial charge in [0.2, 0.25) is 0 Å². The predicted octanol–water partition coefficient (Wildman–Crippen LogP) is 3.78. The maximum Gasteiger partial charge on any atom is 0.335 e. The maximum absolute atomic E-state index is 13.5. The number of hydrogen-bond donors (Lipinski definition) is 2. The van der Waals surface area contributed by atoms with Gasteiger partial charge in [-0.25, -0.2) is 9.18 Å². The summed E-state index contributed by atoms with van der Waals surface area (Å²) in [6.45, 7) is 0.756. The van der Waals surface area contributed by atoms with Crippen LogP contribution in [0.1, 0.15) is 10.4 Å². The summed E-state index contributed by atoms with van der Waals surface area (Å²) in [6.07, 6.45) is 0. The first-order chi connectivity index (χ1) is 10.1. The largest absolute Gasteiger partial charge is 0.492 e. The average molecular weight is 354 g/mol. The fourth-order valence-electron chi connectivity index (χ4n) is 1.68. The Bertz CT molecular complexity index is 631. The molecular weight excluding hydrogens is 341 g/mol. The molecule has 0 aliphatic heterocycles. The zero-order valence-corrected chi connectivity index (χ0v) is 12.6. The van der Waals surface area contributed by atoms with Gasteiger partial charge in [-0.3, -0.25) is 0 Å². The van der Waals surface area contributed by atoms with Gasteiger partial charge in [-0.15, -0.1) is 0 Å². The number of carboxylic acid groups (broad SMARTS) is 1. The van der Waals surface area contributed by atoms with E-state index in [0.717, 1.165) is 4.47 Å². The van der Waals surface area contributed by atoms with Crippen molar-refractivity contribution < 1.29 is 19.0 Å². The minimum absolute atomic E-state index is 0.205. The second-order valence-electron chi connectivity index (χ2n) is 4.23. The molecule has 0 heterocycles. The highest BCUT2D eigenvalue weighted by Gasteiger charge is 2.03. The number of carboxylic acids is 1. The molecule has 2 aromatic carbocycles. The molecule has 0 aromatic heterocycles. The number of anilines is 1. The highest BCUT2D eigenvalue weighted by atomic mass is 79.9. The molecule has 0 unspecified atom stereocenters. The maximum atomic E-state index is 13.5. The van der Waals surface area contributed by atoms with E-state index >= 15 is 0 Å². The first-order valence-corrected chi connectivity index (χ1v) is 7.00. The topological polar surface area (TPSA) is 58.6 Å². The number of nitrogens with one attached hydrogen (secondary N) is 1. The number of rotatable bonds is 6. The number of hydrogen-bond acceptors (Lipinski definition) is 3. The van der Waals surface area contributed by atoms with E-state index in [0.29, 0.717) is 24.6 Å². The van der Waals surface area contributed by atoms with Crippen molar-refractivity contribution in [3.63, 3.8) is 0 Å². The third kappa shape index (κ3) is 4.46. The van der Waals surface area contributed by atoms with E-state index in [-0.39, 0.29) is 11.4 Å². The van der Waals surface area contributed by atoms with Gasteiger partial charge in [0.25, 0.3) is 0 Å². The van der Waals surface area contributed by atoms with Crippen molar-refractivity contribution in [2.24, 2.45) is 0 Å². The van der Waals surface area contributed by atoms with Gasteiger partial charge >= 0.3 is 5.97 Å². The molecule has 6 heteroatoms. The van der Waals surface area contributed by atoms with Crippen LogP contribution in [-0.4, -0.2) is 24.2 Å². The van der Waals surface area contributed by atoms with Crippen molar-refractivity contribution >= 4 is 27.6 Å². The Morgan fingerprint density at radius 3 is 2.62 bits per heavy atom. The van der Waals surface area contributed by atoms with Gasteiger partial charge in [0.1, 0.15) is 18.2 Å². The van der Waals surface area contributed by atoms with E-state index in [9.17, 15) is 9.18 Å². The van der Waals surface area contributed by atoms with Gasteiger partial charge in [0, 0.05) is 11.0 Å². The molecule has 4 nitrogen and oxygen atoms in total. The van der Waals surface area contributed by atoms with E-state index in [1.54, 1.807) is 24.3 Å². The van der Waals surface area contributed by atoms with Crippen LogP contribution in [0.3, 0.4) is 0 Å². The van der Waals surface area contributed by atoms with Crippen LogP contribution >= 0.6 is 15.9 Å². The summed E-state index contributed by atoms with van der Waals surface area (Å²) in [5.74, 6) is -0.742. The summed E-state index contributed by atoms with van der Waals surface area (Å²) in [5.41, 5.74) is 0.603. The van der Waals surface area contributed by atoms with Crippen LogP contribution in [0.5, 0.6) is 5.75 Å². The van der Waals surface area contributed by atoms with Crippen molar-refractivity contribution in [1.29, 1.82) is 0 Å². The molecule has 0 aliphatic rings. The molecule has 2 aromatic rings. The smallest absolute Gasteiger partial charge is 0.335 e. The molecule has 21 heavy (non-hydrogen) atoms. The zero-order chi connectivity index (χ0) is 15.2. The molecule has 0 bridgehead atoms. The molecule has 110 valence electrons. The van der Waals surface area contributed by atoms with E-state index in [4.69, 9.17) is 9.84 Å². The van der Waals surface area contributed by atoms with Crippen LogP contribution in [0.15, 0.2) is 46.9 Å². The van der Waals surface area contributed by atoms with Crippen molar-refractivity contribution in [1.82, 2.24) is 0 Å². The Morgan fingerprint density at radius 2 is 1.95 bits per heavy atom. The fraction of sp³-hybridized carbons (Fsp3) is 0.133. The van der Waals surface area contributed by atoms with E-state index in [1.165, 1.54) is 18.2 Å². The van der Waals surface area contributed by atoms with Crippen LogP contribution < -0.4 is 10.1 Å². The van der Waals surface area contributed by atoms with Gasteiger partial charge in [-0.05, 0) is 42.5 Å². The fourth-order valence-corrected chi connectivity index (χ4v) is 2.04. The number of ether oxygens (including phenoxy) is 1. The highest BCUT2D eigenvalue weighted by Crippen LogP contribution is 2.19. The lowest BCUT2D eigenvalue weighted by molar-refractivity contribution is 0.0697. The normalized spacial score (nSPS) is 10.2. The Hall–Kier alpha value is -2.08. The first kappa shape index (κ1) is 15.3. The second-order valence-corrected chi connectivity index (χ2v) is 5.14. The molecule has 0 fully saturated rings. The quantitative estimate of drug-likeness (QED) is 0.776. The summed E-state index contributed by atoms with van der Waals surface area (Å²) in [6, 6.07) is 10.8. The highest BCUT2D eigenvalue weighted by molar-refractivity contribution is 9.10. The van der Waals surface area contributed by atoms with E-state index in [1.807, 2.05) is 0 Å². The number of halogens is 2. The Morgan fingerprint density at radius 1 is 1.24 bits per heavy atom. The molecular formula is C15H13BrFNO3. The van der Waals surface area contributed by atoms with Gasteiger partial charge in [-0.1, -0.05) is 15.9 Å². The lowest BCUT2D eigenvalue weighted by Crippen LogP contribution is -2.12. The summed E-state index contributed by atoms with van der Waals surface area (Å²) in [7, 11) is 0. The first-order valence-electron chi connectivity index (χ1n) is 6.21. The molecule has 0 amide bonds. The van der Waals surface area contributed by atoms with Crippen molar-refractivity contribution in [2.45, 2.75) is 0 Å². The molecule has 0 saturated heterocycles. The van der Waals surface area contributed by atoms with Crippen molar-refractivity contribution in [3.05, 3.63) is 58.3 Å². The molecule has 0 saturated carbocycles. The third-order valence-corrected chi connectivity index (χ3v) is 3.21. The van der Waals surface area contributed by atoms with Crippen LogP contribution in [0.2, 0.25) is 0 Å².